The predicted octanol–water partition coefficient (Wildman–Crippen LogP) is 2.75. The van der Waals surface area contributed by atoms with E-state index in [1.54, 1.807) is 0 Å². The summed E-state index contributed by atoms with van der Waals surface area (Å²) in [4.78, 5) is 7.00. The maximum Gasteiger partial charge on any atom is 0.145 e. The van der Waals surface area contributed by atoms with Crippen LogP contribution in [0.3, 0.4) is 0 Å². The van der Waals surface area contributed by atoms with Crippen molar-refractivity contribution in [3.05, 3.63) is 35.9 Å². The van der Waals surface area contributed by atoms with Crippen molar-refractivity contribution in [1.29, 1.82) is 0 Å². The molecule has 1 aromatic carbocycles. The molecule has 3 rings (SSSR count). The van der Waals surface area contributed by atoms with Crippen molar-refractivity contribution in [2.45, 2.75) is 32.4 Å². The standard InChI is InChI=1S/C16H22N4/c1-11(12-7-8-12)20(2)10-14-9-13-5-3-4-6-15(13)18-16(14)19-17/h3-6,9,11-12H,7-8,10,17H2,1-2H3,(H,18,19). The lowest BCUT2D eigenvalue weighted by atomic mass is 10.1. The topological polar surface area (TPSA) is 54.2 Å². The number of para-hydroxylation sites is 1. The van der Waals surface area contributed by atoms with E-state index < -0.39 is 0 Å². The molecule has 4 nitrogen and oxygen atoms in total. The zero-order chi connectivity index (χ0) is 14.1. The molecule has 1 aliphatic carbocycles. The summed E-state index contributed by atoms with van der Waals surface area (Å²) in [7, 11) is 2.18. The maximum absolute atomic E-state index is 5.63. The molecule has 0 bridgehead atoms. The Morgan fingerprint density at radius 1 is 1.40 bits per heavy atom. The largest absolute Gasteiger partial charge is 0.308 e. The Morgan fingerprint density at radius 3 is 2.85 bits per heavy atom. The van der Waals surface area contributed by atoms with E-state index in [2.05, 4.69) is 41.4 Å². The van der Waals surface area contributed by atoms with Crippen molar-refractivity contribution < 1.29 is 0 Å². The zero-order valence-electron chi connectivity index (χ0n) is 12.1. The molecule has 0 spiro atoms. The average molecular weight is 270 g/mol. The summed E-state index contributed by atoms with van der Waals surface area (Å²) in [6.45, 7) is 3.18. The van der Waals surface area contributed by atoms with Gasteiger partial charge in [0.15, 0.2) is 0 Å². The van der Waals surface area contributed by atoms with Crippen LogP contribution in [-0.4, -0.2) is 23.0 Å². The predicted molar refractivity (Wildman–Crippen MR) is 83.2 cm³/mol. The van der Waals surface area contributed by atoms with Crippen molar-refractivity contribution in [3.63, 3.8) is 0 Å². The normalized spacial score (nSPS) is 16.6. The highest BCUT2D eigenvalue weighted by Gasteiger charge is 2.30. The second-order valence-electron chi connectivity index (χ2n) is 5.83. The first kappa shape index (κ1) is 13.3. The van der Waals surface area contributed by atoms with Crippen LogP contribution in [0.25, 0.3) is 10.9 Å². The molecule has 0 saturated heterocycles. The van der Waals surface area contributed by atoms with E-state index in [9.17, 15) is 0 Å². The van der Waals surface area contributed by atoms with Gasteiger partial charge in [-0.3, -0.25) is 4.90 Å². The van der Waals surface area contributed by atoms with Gasteiger partial charge in [-0.25, -0.2) is 10.8 Å². The highest BCUT2D eigenvalue weighted by Crippen LogP contribution is 2.35. The number of hydrogen-bond acceptors (Lipinski definition) is 4. The van der Waals surface area contributed by atoms with Crippen LogP contribution in [0.4, 0.5) is 5.82 Å². The lowest BCUT2D eigenvalue weighted by Crippen LogP contribution is -2.30. The maximum atomic E-state index is 5.63. The van der Waals surface area contributed by atoms with E-state index >= 15 is 0 Å². The Kier molecular flexibility index (Phi) is 3.59. The van der Waals surface area contributed by atoms with Gasteiger partial charge < -0.3 is 5.43 Å². The number of nitrogen functional groups attached to an aromatic ring is 1. The van der Waals surface area contributed by atoms with Crippen LogP contribution in [0.2, 0.25) is 0 Å². The van der Waals surface area contributed by atoms with Crippen molar-refractivity contribution >= 4 is 16.7 Å². The smallest absolute Gasteiger partial charge is 0.145 e. The molecule has 1 heterocycles. The van der Waals surface area contributed by atoms with Gasteiger partial charge in [-0.2, -0.15) is 0 Å². The summed E-state index contributed by atoms with van der Waals surface area (Å²) < 4.78 is 0. The number of pyridine rings is 1. The zero-order valence-corrected chi connectivity index (χ0v) is 12.1. The number of nitrogens with two attached hydrogens (primary N) is 1. The summed E-state index contributed by atoms with van der Waals surface area (Å²) in [6, 6.07) is 10.9. The third-order valence-corrected chi connectivity index (χ3v) is 4.36. The van der Waals surface area contributed by atoms with Gasteiger partial charge in [0.05, 0.1) is 5.52 Å². The molecule has 0 aliphatic heterocycles. The summed E-state index contributed by atoms with van der Waals surface area (Å²) in [5, 5.41) is 1.16. The van der Waals surface area contributed by atoms with E-state index in [1.807, 2.05) is 18.2 Å². The lowest BCUT2D eigenvalue weighted by molar-refractivity contribution is 0.227. The number of aromatic nitrogens is 1. The first-order valence-corrected chi connectivity index (χ1v) is 7.24. The molecule has 4 heteroatoms. The third-order valence-electron chi connectivity index (χ3n) is 4.36. The first-order valence-electron chi connectivity index (χ1n) is 7.24. The van der Waals surface area contributed by atoms with Crippen LogP contribution in [0.15, 0.2) is 30.3 Å². The fraction of sp³-hybridized carbons (Fsp3) is 0.438. The molecule has 20 heavy (non-hydrogen) atoms. The molecule has 0 amide bonds. The van der Waals surface area contributed by atoms with Crippen molar-refractivity contribution in [2.24, 2.45) is 11.8 Å². The fourth-order valence-electron chi connectivity index (χ4n) is 2.76. The lowest BCUT2D eigenvalue weighted by Gasteiger charge is -2.25. The van der Waals surface area contributed by atoms with Gasteiger partial charge in [-0.15, -0.1) is 0 Å². The highest BCUT2D eigenvalue weighted by atomic mass is 15.3. The number of anilines is 1. The molecular weight excluding hydrogens is 248 g/mol. The number of rotatable bonds is 5. The van der Waals surface area contributed by atoms with Crippen LogP contribution < -0.4 is 11.3 Å². The molecule has 1 unspecified atom stereocenters. The number of hydrogen-bond donors (Lipinski definition) is 2. The van der Waals surface area contributed by atoms with Crippen molar-refractivity contribution in [2.75, 3.05) is 12.5 Å². The molecular formula is C16H22N4. The summed E-state index contributed by atoms with van der Waals surface area (Å²) in [5.41, 5.74) is 4.87. The molecule has 3 N–H and O–H groups in total. The quantitative estimate of drug-likeness (QED) is 0.648. The van der Waals surface area contributed by atoms with E-state index in [4.69, 9.17) is 5.84 Å². The first-order chi connectivity index (χ1) is 9.69. The van der Waals surface area contributed by atoms with Crippen molar-refractivity contribution in [1.82, 2.24) is 9.88 Å². The van der Waals surface area contributed by atoms with Gasteiger partial charge in [0.25, 0.3) is 0 Å². The van der Waals surface area contributed by atoms with Crippen LogP contribution >= 0.6 is 0 Å². The van der Waals surface area contributed by atoms with Crippen molar-refractivity contribution in [3.8, 4) is 0 Å². The second kappa shape index (κ2) is 5.38. The summed E-state index contributed by atoms with van der Waals surface area (Å²) in [6.07, 6.45) is 2.73. The molecule has 0 radical (unpaired) electrons. The Hall–Kier alpha value is -1.65. The second-order valence-corrected chi connectivity index (χ2v) is 5.83. The Bertz CT molecular complexity index is 606. The van der Waals surface area contributed by atoms with Crippen LogP contribution in [0.1, 0.15) is 25.3 Å². The molecule has 1 saturated carbocycles. The van der Waals surface area contributed by atoms with Gasteiger partial charge in [-0.05, 0) is 44.9 Å². The minimum Gasteiger partial charge on any atom is -0.308 e. The van der Waals surface area contributed by atoms with Gasteiger partial charge in [0, 0.05) is 23.5 Å². The van der Waals surface area contributed by atoms with E-state index in [0.29, 0.717) is 6.04 Å². The molecule has 1 aromatic heterocycles. The van der Waals surface area contributed by atoms with Gasteiger partial charge in [0.1, 0.15) is 5.82 Å². The number of benzene rings is 1. The molecule has 1 atom stereocenters. The Balaban J connectivity index is 1.88. The van der Waals surface area contributed by atoms with E-state index in [-0.39, 0.29) is 0 Å². The Labute approximate surface area is 120 Å². The molecule has 2 aromatic rings. The number of nitrogens with zero attached hydrogens (tertiary/aromatic N) is 2. The van der Waals surface area contributed by atoms with Gasteiger partial charge in [0.2, 0.25) is 0 Å². The molecule has 106 valence electrons. The minimum atomic E-state index is 0.618. The van der Waals surface area contributed by atoms with E-state index in [1.165, 1.54) is 12.8 Å². The highest BCUT2D eigenvalue weighted by molar-refractivity contribution is 5.81. The minimum absolute atomic E-state index is 0.618. The van der Waals surface area contributed by atoms with Gasteiger partial charge in [-0.1, -0.05) is 18.2 Å². The van der Waals surface area contributed by atoms with Crippen LogP contribution in [0.5, 0.6) is 0 Å². The molecule has 1 fully saturated rings. The van der Waals surface area contributed by atoms with Gasteiger partial charge >= 0.3 is 0 Å². The molecule has 1 aliphatic rings. The Morgan fingerprint density at radius 2 is 2.15 bits per heavy atom. The van der Waals surface area contributed by atoms with Crippen LogP contribution in [0, 0.1) is 5.92 Å². The average Bonchev–Trinajstić information content (AvgIpc) is 3.30. The summed E-state index contributed by atoms with van der Waals surface area (Å²) >= 11 is 0. The van der Waals surface area contributed by atoms with E-state index in [0.717, 1.165) is 34.7 Å². The summed E-state index contributed by atoms with van der Waals surface area (Å²) in [5.74, 6) is 7.27. The SMILES string of the molecule is CC(C1CC1)N(C)Cc1cc2ccccc2nc1NN. The third kappa shape index (κ3) is 2.62. The monoisotopic (exact) mass is 270 g/mol. The number of fused-ring (bicyclic) bond motifs is 1. The number of hydrazine groups is 1. The van der Waals surface area contributed by atoms with Crippen LogP contribution in [-0.2, 0) is 6.54 Å². The fourth-order valence-corrected chi connectivity index (χ4v) is 2.76. The number of nitrogens with one attached hydrogen (secondary N) is 1.